The van der Waals surface area contributed by atoms with Crippen molar-refractivity contribution >= 4 is 34.2 Å². The van der Waals surface area contributed by atoms with Gasteiger partial charge in [0, 0.05) is 24.5 Å². The second kappa shape index (κ2) is 20.8. The molecule has 2 fully saturated rings. The van der Waals surface area contributed by atoms with Crippen LogP contribution in [0.5, 0.6) is 23.0 Å². The minimum atomic E-state index is -0.930. The van der Waals surface area contributed by atoms with Gasteiger partial charge in [0.1, 0.15) is 44.5 Å². The maximum atomic E-state index is 13.1. The molecule has 0 aromatic heterocycles. The van der Waals surface area contributed by atoms with Crippen LogP contribution in [0.2, 0.25) is 0 Å². The molecule has 4 atom stereocenters. The molecule has 0 radical (unpaired) electrons. The summed E-state index contributed by atoms with van der Waals surface area (Å²) < 4.78 is 35.5. The number of amides is 4. The summed E-state index contributed by atoms with van der Waals surface area (Å²) in [6.07, 6.45) is 2.67. The summed E-state index contributed by atoms with van der Waals surface area (Å²) in [4.78, 5) is 30.0. The van der Waals surface area contributed by atoms with Crippen LogP contribution in [-0.2, 0) is 0 Å². The second-order valence-corrected chi connectivity index (χ2v) is 16.2. The molecule has 9 rings (SSSR count). The van der Waals surface area contributed by atoms with E-state index in [-0.39, 0.29) is 11.8 Å². The van der Waals surface area contributed by atoms with E-state index in [1.54, 1.807) is 24.3 Å². The summed E-state index contributed by atoms with van der Waals surface area (Å²) in [5, 5.41) is 36.0. The smallest absolute Gasteiger partial charge is 0.319 e. The normalized spacial score (nSPS) is 17.7. The number of fused-ring (bicyclic) bond motifs is 3. The van der Waals surface area contributed by atoms with E-state index in [0.29, 0.717) is 85.0 Å². The first-order valence-electron chi connectivity index (χ1n) is 21.7. The van der Waals surface area contributed by atoms with Gasteiger partial charge in [-0.25, -0.2) is 14.0 Å². The van der Waals surface area contributed by atoms with Crippen molar-refractivity contribution in [3.8, 4) is 23.0 Å². The lowest BCUT2D eigenvalue weighted by Gasteiger charge is -2.29. The molecule has 0 spiro atoms. The topological polar surface area (TPSA) is 166 Å². The van der Waals surface area contributed by atoms with Gasteiger partial charge in [-0.1, -0.05) is 42.5 Å². The molecule has 0 aliphatic carbocycles. The van der Waals surface area contributed by atoms with E-state index in [4.69, 9.17) is 18.9 Å². The summed E-state index contributed by atoms with van der Waals surface area (Å²) in [5.74, 6) is 2.17. The van der Waals surface area contributed by atoms with E-state index in [9.17, 15) is 24.2 Å². The van der Waals surface area contributed by atoms with E-state index in [1.165, 1.54) is 24.3 Å². The second-order valence-electron chi connectivity index (χ2n) is 16.2. The molecular formula is C48H55FN6O8. The average molecular weight is 863 g/mol. The Morgan fingerprint density at radius 3 is 1.49 bits per heavy atom. The molecule has 4 amide bonds. The molecule has 4 heterocycles. The molecule has 14 nitrogen and oxygen atoms in total. The van der Waals surface area contributed by atoms with Crippen molar-refractivity contribution in [2.45, 2.75) is 50.0 Å². The lowest BCUT2D eigenvalue weighted by atomic mass is 10.0. The summed E-state index contributed by atoms with van der Waals surface area (Å²) >= 11 is 0. The molecule has 63 heavy (non-hydrogen) atoms. The number of hydrogen-bond donors (Lipinski definition) is 6. The number of ether oxygens (including phenoxy) is 4. The van der Waals surface area contributed by atoms with E-state index < -0.39 is 30.3 Å². The van der Waals surface area contributed by atoms with Crippen molar-refractivity contribution in [1.82, 2.24) is 20.4 Å². The first kappa shape index (κ1) is 43.5. The highest BCUT2D eigenvalue weighted by atomic mass is 19.1. The van der Waals surface area contributed by atoms with Gasteiger partial charge in [-0.2, -0.15) is 0 Å². The number of benzene rings is 5. The van der Waals surface area contributed by atoms with Crippen molar-refractivity contribution in [2.24, 2.45) is 0 Å². The van der Waals surface area contributed by atoms with Crippen LogP contribution >= 0.6 is 0 Å². The Hall–Kier alpha value is -6.13. The lowest BCUT2D eigenvalue weighted by Crippen LogP contribution is -2.48. The van der Waals surface area contributed by atoms with Gasteiger partial charge in [0.25, 0.3) is 0 Å². The number of carbonyl (C=O) groups excluding carboxylic acids is 2. The van der Waals surface area contributed by atoms with Gasteiger partial charge in [0.15, 0.2) is 23.0 Å². The Morgan fingerprint density at radius 2 is 0.984 bits per heavy atom. The van der Waals surface area contributed by atoms with Gasteiger partial charge in [0.05, 0.1) is 12.1 Å². The zero-order valence-corrected chi connectivity index (χ0v) is 35.1. The SMILES string of the molecule is O=C(Nc1ccc(F)cc1)NC(CN1CCCC1)C(O)c1ccc2c(c1)OCCO2.O=C(Nc1ccc2ccccc2c1)NC(CN1CCCC1)C(O)c1ccc2c(c1)OCCO2. The molecule has 4 aliphatic heterocycles. The predicted octanol–water partition coefficient (Wildman–Crippen LogP) is 6.85. The first-order chi connectivity index (χ1) is 30.7. The largest absolute Gasteiger partial charge is 0.486 e. The number of aliphatic hydroxyl groups excluding tert-OH is 2. The maximum absolute atomic E-state index is 13.1. The zero-order chi connectivity index (χ0) is 43.5. The van der Waals surface area contributed by atoms with Crippen molar-refractivity contribution in [2.75, 3.05) is 76.3 Å². The molecule has 5 aromatic carbocycles. The molecular weight excluding hydrogens is 808 g/mol. The highest BCUT2D eigenvalue weighted by molar-refractivity contribution is 5.93. The molecule has 4 unspecified atom stereocenters. The number of hydrogen-bond acceptors (Lipinski definition) is 10. The fourth-order valence-electron chi connectivity index (χ4n) is 8.36. The minimum absolute atomic E-state index is 0.342. The Kier molecular flexibility index (Phi) is 14.4. The summed E-state index contributed by atoms with van der Waals surface area (Å²) in [7, 11) is 0. The third kappa shape index (κ3) is 11.7. The molecule has 2 saturated heterocycles. The fourth-order valence-corrected chi connectivity index (χ4v) is 8.36. The highest BCUT2D eigenvalue weighted by Crippen LogP contribution is 2.35. The van der Waals surface area contributed by atoms with E-state index in [1.807, 2.05) is 54.6 Å². The molecule has 5 aromatic rings. The van der Waals surface area contributed by atoms with Crippen molar-refractivity contribution in [3.05, 3.63) is 120 Å². The Bertz CT molecular complexity index is 2320. The van der Waals surface area contributed by atoms with Gasteiger partial charge in [-0.3, -0.25) is 0 Å². The van der Waals surface area contributed by atoms with E-state index >= 15 is 0 Å². The number of urea groups is 2. The summed E-state index contributed by atoms with van der Waals surface area (Å²) in [6, 6.07) is 28.3. The van der Waals surface area contributed by atoms with Crippen LogP contribution in [-0.4, -0.2) is 110 Å². The quantitative estimate of drug-likeness (QED) is 0.0782. The van der Waals surface area contributed by atoms with Gasteiger partial charge >= 0.3 is 12.1 Å². The molecule has 0 bridgehead atoms. The standard InChI is InChI=1S/C26H29N3O4.C22H26FN3O4/c30-25(20-8-10-23-24(16-20)33-14-13-32-23)22(17-29-11-3-4-12-29)28-26(31)27-21-9-7-18-5-1-2-6-19(18)15-21;23-16-4-6-17(7-5-16)24-22(28)25-18(14-26-9-1-2-10-26)21(27)15-3-8-19-20(13-15)30-12-11-29-19/h1-2,5-10,15-16,22,25,30H,3-4,11-14,17H2,(H2,27,28,31);3-8,13,18,21,27H,1-2,9-12,14H2,(H2,24,25,28). The third-order valence-corrected chi connectivity index (χ3v) is 11.6. The average Bonchev–Trinajstić information content (AvgIpc) is 4.04. The van der Waals surface area contributed by atoms with E-state index in [2.05, 4.69) is 31.1 Å². The Morgan fingerprint density at radius 1 is 0.540 bits per heavy atom. The predicted molar refractivity (Wildman–Crippen MR) is 238 cm³/mol. The number of rotatable bonds is 12. The van der Waals surface area contributed by atoms with Crippen molar-refractivity contribution in [3.63, 3.8) is 0 Å². The molecule has 15 heteroatoms. The van der Waals surface area contributed by atoms with Crippen LogP contribution in [0.1, 0.15) is 49.0 Å². The summed E-state index contributed by atoms with van der Waals surface area (Å²) in [5.41, 5.74) is 2.52. The number of likely N-dealkylation sites (tertiary alicyclic amines) is 2. The van der Waals surface area contributed by atoms with E-state index in [0.717, 1.165) is 62.6 Å². The number of halogens is 1. The van der Waals surface area contributed by atoms with Crippen molar-refractivity contribution < 1.29 is 43.1 Å². The number of carbonyl (C=O) groups is 2. The number of anilines is 2. The van der Waals surface area contributed by atoms with Crippen LogP contribution in [0.15, 0.2) is 103 Å². The monoisotopic (exact) mass is 862 g/mol. The maximum Gasteiger partial charge on any atom is 0.319 e. The first-order valence-corrected chi connectivity index (χ1v) is 21.7. The van der Waals surface area contributed by atoms with Crippen molar-refractivity contribution in [1.29, 1.82) is 0 Å². The number of aliphatic hydroxyl groups is 2. The van der Waals surface area contributed by atoms with Gasteiger partial charge < -0.3 is 60.2 Å². The molecule has 332 valence electrons. The van der Waals surface area contributed by atoms with Gasteiger partial charge in [0.2, 0.25) is 0 Å². The number of nitrogens with zero attached hydrogens (tertiary/aromatic N) is 2. The van der Waals surface area contributed by atoms with Crippen LogP contribution < -0.4 is 40.2 Å². The Labute approximate surface area is 366 Å². The van der Waals surface area contributed by atoms with Gasteiger partial charge in [-0.15, -0.1) is 0 Å². The zero-order valence-electron chi connectivity index (χ0n) is 35.1. The Balaban J connectivity index is 0.000000174. The molecule has 6 N–H and O–H groups in total. The summed E-state index contributed by atoms with van der Waals surface area (Å²) in [6.45, 7) is 6.86. The third-order valence-electron chi connectivity index (χ3n) is 11.6. The fraction of sp³-hybridized carbons (Fsp3) is 0.375. The van der Waals surface area contributed by atoms with Crippen LogP contribution in [0.4, 0.5) is 25.4 Å². The van der Waals surface area contributed by atoms with Gasteiger partial charge in [-0.05, 0) is 134 Å². The number of nitrogens with one attached hydrogen (secondary N) is 4. The van der Waals surface area contributed by atoms with Crippen LogP contribution in [0.3, 0.4) is 0 Å². The highest BCUT2D eigenvalue weighted by Gasteiger charge is 2.30. The van der Waals surface area contributed by atoms with Crippen LogP contribution in [0, 0.1) is 5.82 Å². The molecule has 4 aliphatic rings. The minimum Gasteiger partial charge on any atom is -0.486 e. The molecule has 0 saturated carbocycles. The lowest BCUT2D eigenvalue weighted by molar-refractivity contribution is 0.110. The van der Waals surface area contributed by atoms with Crippen LogP contribution in [0.25, 0.3) is 10.8 Å².